The summed E-state index contributed by atoms with van der Waals surface area (Å²) in [7, 11) is 0. The highest BCUT2D eigenvalue weighted by Crippen LogP contribution is 2.06. The quantitative estimate of drug-likeness (QED) is 0.791. The fourth-order valence-electron chi connectivity index (χ4n) is 1.23. The summed E-state index contributed by atoms with van der Waals surface area (Å²) in [5.74, 6) is 0. The number of alkyl carbamates (subject to hydrolysis) is 1. The van der Waals surface area contributed by atoms with Gasteiger partial charge in [0.15, 0.2) is 6.29 Å². The minimum absolute atomic E-state index is 0.0264. The van der Waals surface area contributed by atoms with Gasteiger partial charge in [0.25, 0.3) is 5.56 Å². The molecule has 0 aliphatic rings. The average molecular weight is 252 g/mol. The molecule has 1 heterocycles. The monoisotopic (exact) mass is 252 g/mol. The van der Waals surface area contributed by atoms with Gasteiger partial charge in [0.2, 0.25) is 0 Å². The Kier molecular flexibility index (Phi) is 4.25. The van der Waals surface area contributed by atoms with Gasteiger partial charge in [-0.3, -0.25) is 9.59 Å². The number of nitrogens with one attached hydrogen (secondary N) is 2. The number of aromatic amines is 1. The summed E-state index contributed by atoms with van der Waals surface area (Å²) in [6, 6.07) is 1.42. The van der Waals surface area contributed by atoms with Crippen LogP contribution in [0.1, 0.15) is 36.7 Å². The van der Waals surface area contributed by atoms with Gasteiger partial charge in [-0.05, 0) is 32.4 Å². The lowest BCUT2D eigenvalue weighted by Crippen LogP contribution is -2.32. The van der Waals surface area contributed by atoms with Crippen molar-refractivity contribution in [2.75, 3.05) is 0 Å². The molecule has 1 amide bonds. The van der Waals surface area contributed by atoms with Crippen molar-refractivity contribution in [2.24, 2.45) is 0 Å². The molecule has 1 rings (SSSR count). The van der Waals surface area contributed by atoms with E-state index in [0.29, 0.717) is 11.8 Å². The van der Waals surface area contributed by atoms with Crippen LogP contribution in [0.4, 0.5) is 4.79 Å². The summed E-state index contributed by atoms with van der Waals surface area (Å²) >= 11 is 0. The molecule has 0 aliphatic heterocycles. The zero-order chi connectivity index (χ0) is 13.8. The topological polar surface area (TPSA) is 88.3 Å². The number of aromatic nitrogens is 1. The van der Waals surface area contributed by atoms with Crippen molar-refractivity contribution in [1.29, 1.82) is 0 Å². The molecule has 98 valence electrons. The first-order valence-corrected chi connectivity index (χ1v) is 5.45. The molecule has 0 saturated carbocycles. The van der Waals surface area contributed by atoms with Crippen LogP contribution in [0.25, 0.3) is 0 Å². The Morgan fingerprint density at radius 2 is 2.17 bits per heavy atom. The van der Waals surface area contributed by atoms with E-state index < -0.39 is 17.3 Å². The number of carbonyl (C=O) groups excluding carboxylic acids is 2. The molecule has 0 fully saturated rings. The van der Waals surface area contributed by atoms with Crippen molar-refractivity contribution in [3.63, 3.8) is 0 Å². The van der Waals surface area contributed by atoms with Crippen molar-refractivity contribution >= 4 is 12.4 Å². The van der Waals surface area contributed by atoms with Crippen LogP contribution in [-0.2, 0) is 11.3 Å². The standard InChI is InChI=1S/C12H16N2O4/c1-12(2,3)18-11(17)14-6-8-4-9(7-15)10(16)13-5-8/h4-5,7H,6H2,1-3H3,(H,13,16)(H,14,17). The first kappa shape index (κ1) is 14.0. The second-order valence-electron chi connectivity index (χ2n) is 4.77. The number of carbonyl (C=O) groups is 2. The highest BCUT2D eigenvalue weighted by atomic mass is 16.6. The lowest BCUT2D eigenvalue weighted by molar-refractivity contribution is 0.0523. The molecule has 6 nitrogen and oxygen atoms in total. The van der Waals surface area contributed by atoms with Crippen LogP contribution in [-0.4, -0.2) is 23.0 Å². The number of hydrogen-bond donors (Lipinski definition) is 2. The fourth-order valence-corrected chi connectivity index (χ4v) is 1.23. The van der Waals surface area contributed by atoms with Crippen molar-refractivity contribution in [1.82, 2.24) is 10.3 Å². The van der Waals surface area contributed by atoms with Gasteiger partial charge in [-0.2, -0.15) is 0 Å². The molecule has 18 heavy (non-hydrogen) atoms. The molecule has 0 saturated heterocycles. The number of rotatable bonds is 3. The Bertz CT molecular complexity index is 500. The summed E-state index contributed by atoms with van der Waals surface area (Å²) in [4.78, 5) is 35.5. The van der Waals surface area contributed by atoms with Crippen LogP contribution < -0.4 is 10.9 Å². The number of ether oxygens (including phenoxy) is 1. The fraction of sp³-hybridized carbons (Fsp3) is 0.417. The molecule has 0 bridgehead atoms. The SMILES string of the molecule is CC(C)(C)OC(=O)NCc1c[nH]c(=O)c(C=O)c1. The van der Waals surface area contributed by atoms with Crippen LogP contribution in [0.3, 0.4) is 0 Å². The van der Waals surface area contributed by atoms with E-state index in [1.165, 1.54) is 12.3 Å². The molecule has 1 aromatic heterocycles. The van der Waals surface area contributed by atoms with E-state index in [9.17, 15) is 14.4 Å². The van der Waals surface area contributed by atoms with E-state index in [-0.39, 0.29) is 12.1 Å². The summed E-state index contributed by atoms with van der Waals surface area (Å²) in [6.45, 7) is 5.46. The van der Waals surface area contributed by atoms with Crippen molar-refractivity contribution in [3.05, 3.63) is 33.7 Å². The molecule has 0 aromatic carbocycles. The van der Waals surface area contributed by atoms with Gasteiger partial charge >= 0.3 is 6.09 Å². The van der Waals surface area contributed by atoms with Crippen molar-refractivity contribution in [2.45, 2.75) is 32.9 Å². The zero-order valence-electron chi connectivity index (χ0n) is 10.6. The molecule has 0 radical (unpaired) electrons. The third-order valence-electron chi connectivity index (χ3n) is 1.95. The lowest BCUT2D eigenvalue weighted by Gasteiger charge is -2.19. The summed E-state index contributed by atoms with van der Waals surface area (Å²) in [5, 5.41) is 2.53. The highest BCUT2D eigenvalue weighted by molar-refractivity contribution is 5.74. The number of pyridine rings is 1. The Morgan fingerprint density at radius 3 is 2.72 bits per heavy atom. The predicted molar refractivity (Wildman–Crippen MR) is 65.5 cm³/mol. The maximum absolute atomic E-state index is 11.4. The molecular weight excluding hydrogens is 236 g/mol. The van der Waals surface area contributed by atoms with E-state index in [1.807, 2.05) is 0 Å². The first-order valence-electron chi connectivity index (χ1n) is 5.45. The highest BCUT2D eigenvalue weighted by Gasteiger charge is 2.15. The Labute approximate surface area is 104 Å². The second-order valence-corrected chi connectivity index (χ2v) is 4.77. The van der Waals surface area contributed by atoms with Gasteiger partial charge in [0.05, 0.1) is 5.56 Å². The van der Waals surface area contributed by atoms with Crippen LogP contribution >= 0.6 is 0 Å². The Morgan fingerprint density at radius 1 is 1.50 bits per heavy atom. The predicted octanol–water partition coefficient (Wildman–Crippen LogP) is 1.21. The summed E-state index contributed by atoms with van der Waals surface area (Å²) in [5.41, 5.74) is -0.379. The first-order chi connectivity index (χ1) is 8.31. The van der Waals surface area contributed by atoms with Crippen molar-refractivity contribution in [3.8, 4) is 0 Å². The molecule has 0 aliphatic carbocycles. The normalized spacial score (nSPS) is 10.8. The number of amides is 1. The molecule has 0 spiro atoms. The third kappa shape index (κ3) is 4.40. The van der Waals surface area contributed by atoms with Gasteiger partial charge in [-0.15, -0.1) is 0 Å². The van der Waals surface area contributed by atoms with E-state index in [4.69, 9.17) is 4.74 Å². The summed E-state index contributed by atoms with van der Waals surface area (Å²) < 4.78 is 5.05. The summed E-state index contributed by atoms with van der Waals surface area (Å²) in [6.07, 6.45) is 1.35. The largest absolute Gasteiger partial charge is 0.444 e. The minimum Gasteiger partial charge on any atom is -0.444 e. The maximum atomic E-state index is 11.4. The van der Waals surface area contributed by atoms with Gasteiger partial charge < -0.3 is 15.0 Å². The molecule has 6 heteroatoms. The number of hydrogen-bond acceptors (Lipinski definition) is 4. The van der Waals surface area contributed by atoms with E-state index in [2.05, 4.69) is 10.3 Å². The van der Waals surface area contributed by atoms with Crippen LogP contribution in [0, 0.1) is 0 Å². The van der Waals surface area contributed by atoms with Gasteiger partial charge in [0, 0.05) is 12.7 Å². The number of aldehydes is 1. The Hall–Kier alpha value is -2.11. The van der Waals surface area contributed by atoms with E-state index in [1.54, 1.807) is 20.8 Å². The molecular formula is C12H16N2O4. The lowest BCUT2D eigenvalue weighted by atomic mass is 10.2. The number of H-pyrrole nitrogens is 1. The van der Waals surface area contributed by atoms with E-state index >= 15 is 0 Å². The zero-order valence-corrected chi connectivity index (χ0v) is 10.6. The van der Waals surface area contributed by atoms with Gasteiger partial charge in [0.1, 0.15) is 5.60 Å². The minimum atomic E-state index is -0.566. The maximum Gasteiger partial charge on any atom is 0.407 e. The molecule has 0 atom stereocenters. The van der Waals surface area contributed by atoms with E-state index in [0.717, 1.165) is 0 Å². The van der Waals surface area contributed by atoms with Crippen molar-refractivity contribution < 1.29 is 14.3 Å². The molecule has 1 aromatic rings. The average Bonchev–Trinajstić information content (AvgIpc) is 2.25. The molecule has 2 N–H and O–H groups in total. The van der Waals surface area contributed by atoms with Crippen LogP contribution in [0.2, 0.25) is 0 Å². The Balaban J connectivity index is 2.61. The van der Waals surface area contributed by atoms with Crippen LogP contribution in [0.5, 0.6) is 0 Å². The van der Waals surface area contributed by atoms with Crippen LogP contribution in [0.15, 0.2) is 17.1 Å². The second kappa shape index (κ2) is 5.48. The smallest absolute Gasteiger partial charge is 0.407 e. The van der Waals surface area contributed by atoms with Gasteiger partial charge in [-0.1, -0.05) is 0 Å². The van der Waals surface area contributed by atoms with Gasteiger partial charge in [-0.25, -0.2) is 4.79 Å². The molecule has 0 unspecified atom stereocenters. The third-order valence-corrected chi connectivity index (χ3v) is 1.95.